The van der Waals surface area contributed by atoms with Gasteiger partial charge in [0.15, 0.2) is 0 Å². The van der Waals surface area contributed by atoms with Crippen LogP contribution in [-0.4, -0.2) is 47.7 Å². The van der Waals surface area contributed by atoms with Crippen LogP contribution in [-0.2, 0) is 24.1 Å². The average molecular weight is 381 g/mol. The summed E-state index contributed by atoms with van der Waals surface area (Å²) < 4.78 is 0. The smallest absolute Gasteiger partial charge is 0.241 e. The van der Waals surface area contributed by atoms with Crippen LogP contribution < -0.4 is 5.32 Å². The first-order chi connectivity index (χ1) is 13.5. The van der Waals surface area contributed by atoms with E-state index >= 15 is 0 Å². The van der Waals surface area contributed by atoms with E-state index in [1.807, 2.05) is 32.0 Å². The first kappa shape index (κ1) is 20.6. The predicted molar refractivity (Wildman–Crippen MR) is 113 cm³/mol. The summed E-state index contributed by atoms with van der Waals surface area (Å²) in [6.45, 7) is 4.81. The van der Waals surface area contributed by atoms with Gasteiger partial charge in [0.1, 0.15) is 5.54 Å². The van der Waals surface area contributed by atoms with Crippen molar-refractivity contribution in [1.82, 2.24) is 10.2 Å². The SMILES string of the molecule is CC(C)C(CO)NC(=O)C1(N(C)CCc2ccccc2)Cc2ccccc2C1. The molecule has 1 amide bonds. The molecule has 0 spiro atoms. The zero-order valence-corrected chi connectivity index (χ0v) is 17.2. The van der Waals surface area contributed by atoms with Gasteiger partial charge in [-0.2, -0.15) is 0 Å². The van der Waals surface area contributed by atoms with Crippen molar-refractivity contribution in [3.63, 3.8) is 0 Å². The third-order valence-corrected chi connectivity index (χ3v) is 6.13. The molecule has 0 fully saturated rings. The Morgan fingerprint density at radius 3 is 2.18 bits per heavy atom. The molecule has 2 aromatic carbocycles. The fourth-order valence-electron chi connectivity index (χ4n) is 4.08. The summed E-state index contributed by atoms with van der Waals surface area (Å²) in [5.74, 6) is 0.205. The summed E-state index contributed by atoms with van der Waals surface area (Å²) in [4.78, 5) is 15.7. The number of fused-ring (bicyclic) bond motifs is 1. The molecule has 0 saturated carbocycles. The Bertz CT molecular complexity index is 763. The topological polar surface area (TPSA) is 52.6 Å². The van der Waals surface area contributed by atoms with Gasteiger partial charge in [0, 0.05) is 19.4 Å². The number of amides is 1. The van der Waals surface area contributed by atoms with Crippen LogP contribution in [0.2, 0.25) is 0 Å². The number of nitrogens with zero attached hydrogens (tertiary/aromatic N) is 1. The van der Waals surface area contributed by atoms with Crippen molar-refractivity contribution in [3.05, 3.63) is 71.3 Å². The first-order valence-corrected chi connectivity index (χ1v) is 10.2. The molecule has 1 aliphatic carbocycles. The molecule has 0 heterocycles. The number of rotatable bonds is 8. The Labute approximate surface area is 168 Å². The lowest BCUT2D eigenvalue weighted by atomic mass is 9.90. The number of likely N-dealkylation sites (N-methyl/N-ethyl adjacent to an activating group) is 1. The normalized spacial score (nSPS) is 16.2. The summed E-state index contributed by atoms with van der Waals surface area (Å²) >= 11 is 0. The highest BCUT2D eigenvalue weighted by Crippen LogP contribution is 2.34. The van der Waals surface area contributed by atoms with Crippen molar-refractivity contribution in [2.75, 3.05) is 20.2 Å². The van der Waals surface area contributed by atoms with Gasteiger partial charge >= 0.3 is 0 Å². The number of aliphatic hydroxyl groups is 1. The van der Waals surface area contributed by atoms with Crippen LogP contribution >= 0.6 is 0 Å². The second-order valence-corrected chi connectivity index (χ2v) is 8.32. The summed E-state index contributed by atoms with van der Waals surface area (Å²) in [5.41, 5.74) is 3.15. The Hall–Kier alpha value is -2.17. The van der Waals surface area contributed by atoms with E-state index in [1.54, 1.807) is 0 Å². The second kappa shape index (κ2) is 8.89. The molecular formula is C24H32N2O2. The van der Waals surface area contributed by atoms with Gasteiger partial charge in [-0.15, -0.1) is 0 Å². The Kier molecular flexibility index (Phi) is 6.53. The van der Waals surface area contributed by atoms with Gasteiger partial charge in [0.25, 0.3) is 0 Å². The second-order valence-electron chi connectivity index (χ2n) is 8.32. The van der Waals surface area contributed by atoms with Crippen molar-refractivity contribution in [1.29, 1.82) is 0 Å². The summed E-state index contributed by atoms with van der Waals surface area (Å²) in [7, 11) is 2.05. The van der Waals surface area contributed by atoms with Crippen LogP contribution in [0.25, 0.3) is 0 Å². The number of hydrogen-bond acceptors (Lipinski definition) is 3. The van der Waals surface area contributed by atoms with Crippen molar-refractivity contribution < 1.29 is 9.90 Å². The van der Waals surface area contributed by atoms with Crippen LogP contribution in [0.15, 0.2) is 54.6 Å². The molecule has 0 saturated heterocycles. The highest BCUT2D eigenvalue weighted by molar-refractivity contribution is 5.88. The van der Waals surface area contributed by atoms with Crippen molar-refractivity contribution in [2.45, 2.75) is 44.7 Å². The van der Waals surface area contributed by atoms with E-state index in [9.17, 15) is 9.90 Å². The van der Waals surface area contributed by atoms with Gasteiger partial charge < -0.3 is 10.4 Å². The molecule has 2 N–H and O–H groups in total. The Balaban J connectivity index is 1.82. The standard InChI is InChI=1S/C24H32N2O2/c1-18(2)22(17-27)25-23(28)24(15-20-11-7-8-12-21(20)16-24)26(3)14-13-19-9-5-4-6-10-19/h4-12,18,22,27H,13-17H2,1-3H3,(H,25,28). The lowest BCUT2D eigenvalue weighted by molar-refractivity contribution is -0.134. The molecule has 1 unspecified atom stereocenters. The van der Waals surface area contributed by atoms with Gasteiger partial charge in [-0.05, 0) is 36.1 Å². The molecule has 28 heavy (non-hydrogen) atoms. The molecule has 0 bridgehead atoms. The minimum atomic E-state index is -0.610. The molecule has 1 aliphatic rings. The maximum absolute atomic E-state index is 13.5. The van der Waals surface area contributed by atoms with Crippen LogP contribution in [0.1, 0.15) is 30.5 Å². The highest BCUT2D eigenvalue weighted by Gasteiger charge is 2.47. The van der Waals surface area contributed by atoms with Gasteiger partial charge in [-0.3, -0.25) is 9.69 Å². The minimum Gasteiger partial charge on any atom is -0.394 e. The number of carbonyl (C=O) groups is 1. The zero-order valence-electron chi connectivity index (χ0n) is 17.2. The third-order valence-electron chi connectivity index (χ3n) is 6.13. The number of carbonyl (C=O) groups excluding carboxylic acids is 1. The number of hydrogen-bond donors (Lipinski definition) is 2. The van der Waals surface area contributed by atoms with Gasteiger partial charge in [0.05, 0.1) is 12.6 Å². The molecule has 0 aromatic heterocycles. The van der Waals surface area contributed by atoms with Crippen molar-refractivity contribution >= 4 is 5.91 Å². The Morgan fingerprint density at radius 2 is 1.64 bits per heavy atom. The van der Waals surface area contributed by atoms with Gasteiger partial charge in [-0.1, -0.05) is 68.4 Å². The minimum absolute atomic E-state index is 0.0204. The molecule has 4 nitrogen and oxygen atoms in total. The maximum Gasteiger partial charge on any atom is 0.241 e. The first-order valence-electron chi connectivity index (χ1n) is 10.2. The maximum atomic E-state index is 13.5. The van der Waals surface area contributed by atoms with E-state index in [-0.39, 0.29) is 24.5 Å². The van der Waals surface area contributed by atoms with Crippen molar-refractivity contribution in [2.24, 2.45) is 5.92 Å². The summed E-state index contributed by atoms with van der Waals surface area (Å²) in [6.07, 6.45) is 2.31. The summed E-state index contributed by atoms with van der Waals surface area (Å²) in [5, 5.41) is 12.8. The lowest BCUT2D eigenvalue weighted by Gasteiger charge is -2.39. The van der Waals surface area contributed by atoms with E-state index in [0.29, 0.717) is 12.8 Å². The number of aliphatic hydroxyl groups excluding tert-OH is 1. The molecule has 0 aliphatic heterocycles. The van der Waals surface area contributed by atoms with Crippen LogP contribution in [0.5, 0.6) is 0 Å². The van der Waals surface area contributed by atoms with E-state index in [0.717, 1.165) is 13.0 Å². The molecule has 4 heteroatoms. The highest BCUT2D eigenvalue weighted by atomic mass is 16.3. The monoisotopic (exact) mass is 380 g/mol. The van der Waals surface area contributed by atoms with Crippen LogP contribution in [0.3, 0.4) is 0 Å². The van der Waals surface area contributed by atoms with E-state index in [2.05, 4.69) is 53.7 Å². The van der Waals surface area contributed by atoms with E-state index in [4.69, 9.17) is 0 Å². The Morgan fingerprint density at radius 1 is 1.07 bits per heavy atom. The van der Waals surface area contributed by atoms with Gasteiger partial charge in [0.2, 0.25) is 5.91 Å². The molecular weight excluding hydrogens is 348 g/mol. The third kappa shape index (κ3) is 4.29. The molecule has 1 atom stereocenters. The van der Waals surface area contributed by atoms with Crippen LogP contribution in [0.4, 0.5) is 0 Å². The lowest BCUT2D eigenvalue weighted by Crippen LogP contribution is -2.61. The molecule has 0 radical (unpaired) electrons. The number of nitrogens with one attached hydrogen (secondary N) is 1. The average Bonchev–Trinajstić information content (AvgIpc) is 3.11. The van der Waals surface area contributed by atoms with E-state index in [1.165, 1.54) is 16.7 Å². The van der Waals surface area contributed by atoms with E-state index < -0.39 is 5.54 Å². The number of benzene rings is 2. The predicted octanol–water partition coefficient (Wildman–Crippen LogP) is 2.83. The molecule has 2 aromatic rings. The molecule has 3 rings (SSSR count). The van der Waals surface area contributed by atoms with Gasteiger partial charge in [-0.25, -0.2) is 0 Å². The quantitative estimate of drug-likeness (QED) is 0.740. The molecule has 150 valence electrons. The summed E-state index contributed by atoms with van der Waals surface area (Å²) in [6, 6.07) is 18.5. The fourth-order valence-corrected chi connectivity index (χ4v) is 4.08. The zero-order chi connectivity index (χ0) is 20.1. The largest absolute Gasteiger partial charge is 0.394 e. The fraction of sp³-hybridized carbons (Fsp3) is 0.458. The van der Waals surface area contributed by atoms with Crippen molar-refractivity contribution in [3.8, 4) is 0 Å². The van der Waals surface area contributed by atoms with Crippen LogP contribution in [0, 0.1) is 5.92 Å².